The quantitative estimate of drug-likeness (QED) is 0.752. The lowest BCUT2D eigenvalue weighted by Crippen LogP contribution is -2.43. The van der Waals surface area contributed by atoms with Crippen LogP contribution in [0, 0.1) is 5.92 Å². The Labute approximate surface area is 152 Å². The molecular formula is C18H24N2O6. The molecule has 1 aliphatic rings. The molecule has 0 unspecified atom stereocenters. The van der Waals surface area contributed by atoms with Crippen molar-refractivity contribution in [2.75, 3.05) is 33.9 Å². The summed E-state index contributed by atoms with van der Waals surface area (Å²) in [5.74, 6) is -0.872. The van der Waals surface area contributed by atoms with Crippen LogP contribution < -0.4 is 14.8 Å². The Morgan fingerprint density at radius 2 is 1.85 bits per heavy atom. The maximum atomic E-state index is 12.3. The van der Waals surface area contributed by atoms with Crippen LogP contribution in [0.25, 0.3) is 0 Å². The standard InChI is InChI=1S/C18H24N2O6/c1-25-14-8-13(9-15(10-14)26-2)17(22)19-6-5-16(21)20-7-3-4-12(11-20)18(23)24/h8-10,12H,3-7,11H2,1-2H3,(H,19,22)(H,23,24)/t12-/m0/s1. The van der Waals surface area contributed by atoms with Gasteiger partial charge in [0.1, 0.15) is 11.5 Å². The minimum Gasteiger partial charge on any atom is -0.497 e. The van der Waals surface area contributed by atoms with Crippen molar-refractivity contribution in [1.29, 1.82) is 0 Å². The van der Waals surface area contributed by atoms with Crippen molar-refractivity contribution in [2.45, 2.75) is 19.3 Å². The highest BCUT2D eigenvalue weighted by Gasteiger charge is 2.27. The molecule has 1 saturated heterocycles. The average Bonchev–Trinajstić information content (AvgIpc) is 2.67. The Morgan fingerprint density at radius 3 is 2.42 bits per heavy atom. The number of carbonyl (C=O) groups excluding carboxylic acids is 2. The lowest BCUT2D eigenvalue weighted by atomic mass is 9.98. The number of ether oxygens (including phenoxy) is 2. The molecule has 0 saturated carbocycles. The van der Waals surface area contributed by atoms with Gasteiger partial charge in [-0.1, -0.05) is 0 Å². The number of nitrogens with zero attached hydrogens (tertiary/aromatic N) is 1. The van der Waals surface area contributed by atoms with E-state index in [1.54, 1.807) is 23.1 Å². The van der Waals surface area contributed by atoms with Crippen molar-refractivity contribution >= 4 is 17.8 Å². The number of piperidine rings is 1. The van der Waals surface area contributed by atoms with Gasteiger partial charge in [0.2, 0.25) is 5.91 Å². The smallest absolute Gasteiger partial charge is 0.308 e. The average molecular weight is 364 g/mol. The second-order valence-corrected chi connectivity index (χ2v) is 6.12. The lowest BCUT2D eigenvalue weighted by Gasteiger charge is -2.30. The Kier molecular flexibility index (Phi) is 6.82. The monoisotopic (exact) mass is 364 g/mol. The number of likely N-dealkylation sites (tertiary alicyclic amines) is 1. The number of rotatable bonds is 7. The summed E-state index contributed by atoms with van der Waals surface area (Å²) in [6.07, 6.45) is 1.39. The Balaban J connectivity index is 1.86. The van der Waals surface area contributed by atoms with Crippen molar-refractivity contribution in [1.82, 2.24) is 10.2 Å². The molecule has 0 spiro atoms. The van der Waals surface area contributed by atoms with E-state index >= 15 is 0 Å². The topological polar surface area (TPSA) is 105 Å². The van der Waals surface area contributed by atoms with E-state index in [0.29, 0.717) is 36.4 Å². The van der Waals surface area contributed by atoms with Gasteiger partial charge in [-0.25, -0.2) is 0 Å². The van der Waals surface area contributed by atoms with E-state index in [9.17, 15) is 14.4 Å². The van der Waals surface area contributed by atoms with Gasteiger partial charge in [-0.05, 0) is 25.0 Å². The van der Waals surface area contributed by atoms with E-state index in [4.69, 9.17) is 14.6 Å². The lowest BCUT2D eigenvalue weighted by molar-refractivity contribution is -0.145. The van der Waals surface area contributed by atoms with Crippen LogP contribution in [0.1, 0.15) is 29.6 Å². The summed E-state index contributed by atoms with van der Waals surface area (Å²) in [6, 6.07) is 4.83. The first-order chi connectivity index (χ1) is 12.4. The fraction of sp³-hybridized carbons (Fsp3) is 0.500. The van der Waals surface area contributed by atoms with Crippen LogP contribution in [-0.2, 0) is 9.59 Å². The van der Waals surface area contributed by atoms with Crippen molar-refractivity contribution in [3.63, 3.8) is 0 Å². The van der Waals surface area contributed by atoms with Gasteiger partial charge in [0.25, 0.3) is 5.91 Å². The second-order valence-electron chi connectivity index (χ2n) is 6.12. The summed E-state index contributed by atoms with van der Waals surface area (Å²) in [7, 11) is 3.00. The molecule has 1 atom stereocenters. The van der Waals surface area contributed by atoms with Gasteiger partial charge in [-0.3, -0.25) is 14.4 Å². The number of carbonyl (C=O) groups is 3. The number of carboxylic acid groups (broad SMARTS) is 1. The van der Waals surface area contributed by atoms with Crippen LogP contribution in [0.4, 0.5) is 0 Å². The molecule has 0 aliphatic carbocycles. The van der Waals surface area contributed by atoms with E-state index in [1.165, 1.54) is 14.2 Å². The molecule has 1 fully saturated rings. The van der Waals surface area contributed by atoms with Gasteiger partial charge in [0, 0.05) is 37.7 Å². The molecule has 142 valence electrons. The molecule has 0 bridgehead atoms. The fourth-order valence-corrected chi connectivity index (χ4v) is 2.89. The number of aliphatic carboxylic acids is 1. The molecule has 26 heavy (non-hydrogen) atoms. The van der Waals surface area contributed by atoms with Crippen LogP contribution in [0.15, 0.2) is 18.2 Å². The van der Waals surface area contributed by atoms with Gasteiger partial charge in [0.15, 0.2) is 0 Å². The zero-order valence-corrected chi connectivity index (χ0v) is 15.0. The van der Waals surface area contributed by atoms with E-state index in [-0.39, 0.29) is 31.3 Å². The largest absolute Gasteiger partial charge is 0.497 e. The first-order valence-corrected chi connectivity index (χ1v) is 8.46. The van der Waals surface area contributed by atoms with Crippen molar-refractivity contribution in [3.05, 3.63) is 23.8 Å². The van der Waals surface area contributed by atoms with Crippen LogP contribution in [0.2, 0.25) is 0 Å². The Bertz CT molecular complexity index is 653. The first-order valence-electron chi connectivity index (χ1n) is 8.46. The Hall–Kier alpha value is -2.77. The predicted molar refractivity (Wildman–Crippen MR) is 93.4 cm³/mol. The summed E-state index contributed by atoms with van der Waals surface area (Å²) >= 11 is 0. The molecule has 2 amide bonds. The maximum absolute atomic E-state index is 12.3. The minimum atomic E-state index is -0.872. The highest BCUT2D eigenvalue weighted by atomic mass is 16.5. The third-order valence-electron chi connectivity index (χ3n) is 4.36. The molecule has 8 heteroatoms. The molecule has 1 aromatic carbocycles. The predicted octanol–water partition coefficient (Wildman–Crippen LogP) is 1.15. The van der Waals surface area contributed by atoms with Crippen LogP contribution in [-0.4, -0.2) is 61.6 Å². The summed E-state index contributed by atoms with van der Waals surface area (Å²) in [5.41, 5.74) is 0.373. The van der Waals surface area contributed by atoms with E-state index in [1.807, 2.05) is 0 Å². The Morgan fingerprint density at radius 1 is 1.19 bits per heavy atom. The van der Waals surface area contributed by atoms with Gasteiger partial charge in [-0.2, -0.15) is 0 Å². The van der Waals surface area contributed by atoms with Gasteiger partial charge < -0.3 is 24.8 Å². The fourth-order valence-electron chi connectivity index (χ4n) is 2.89. The summed E-state index contributed by atoms with van der Waals surface area (Å²) in [4.78, 5) is 37.1. The summed E-state index contributed by atoms with van der Waals surface area (Å²) < 4.78 is 10.3. The van der Waals surface area contributed by atoms with Crippen molar-refractivity contribution in [2.24, 2.45) is 5.92 Å². The number of amides is 2. The van der Waals surface area contributed by atoms with Gasteiger partial charge in [0.05, 0.1) is 20.1 Å². The third kappa shape index (κ3) is 5.11. The number of methoxy groups -OCH3 is 2. The molecule has 2 rings (SSSR count). The number of hydrogen-bond acceptors (Lipinski definition) is 5. The first kappa shape index (κ1) is 19.6. The molecular weight excluding hydrogens is 340 g/mol. The highest BCUT2D eigenvalue weighted by Crippen LogP contribution is 2.22. The van der Waals surface area contributed by atoms with Gasteiger partial charge in [-0.15, -0.1) is 0 Å². The van der Waals surface area contributed by atoms with Gasteiger partial charge >= 0.3 is 5.97 Å². The van der Waals surface area contributed by atoms with E-state index in [2.05, 4.69) is 5.32 Å². The highest BCUT2D eigenvalue weighted by molar-refractivity contribution is 5.95. The molecule has 2 N–H and O–H groups in total. The second kappa shape index (κ2) is 9.07. The summed E-state index contributed by atoms with van der Waals surface area (Å²) in [6.45, 7) is 0.963. The van der Waals surface area contributed by atoms with Crippen LogP contribution >= 0.6 is 0 Å². The molecule has 0 radical (unpaired) electrons. The molecule has 1 aliphatic heterocycles. The molecule has 0 aromatic heterocycles. The minimum absolute atomic E-state index is 0.124. The van der Waals surface area contributed by atoms with E-state index < -0.39 is 11.9 Å². The van der Waals surface area contributed by atoms with Crippen LogP contribution in [0.5, 0.6) is 11.5 Å². The zero-order chi connectivity index (χ0) is 19.1. The number of carboxylic acids is 1. The number of nitrogens with one attached hydrogen (secondary N) is 1. The maximum Gasteiger partial charge on any atom is 0.308 e. The third-order valence-corrected chi connectivity index (χ3v) is 4.36. The normalized spacial score (nSPS) is 16.7. The SMILES string of the molecule is COc1cc(OC)cc(C(=O)NCCC(=O)N2CCC[C@H](C(=O)O)C2)c1. The number of hydrogen-bond donors (Lipinski definition) is 2. The zero-order valence-electron chi connectivity index (χ0n) is 15.0. The van der Waals surface area contributed by atoms with Crippen LogP contribution in [0.3, 0.4) is 0 Å². The van der Waals surface area contributed by atoms with Crippen molar-refractivity contribution < 1.29 is 29.0 Å². The summed E-state index contributed by atoms with van der Waals surface area (Å²) in [5, 5.41) is 11.8. The molecule has 1 aromatic rings. The molecule has 8 nitrogen and oxygen atoms in total. The van der Waals surface area contributed by atoms with Crippen molar-refractivity contribution in [3.8, 4) is 11.5 Å². The van der Waals surface area contributed by atoms with E-state index in [0.717, 1.165) is 0 Å². The number of benzene rings is 1. The molecule has 1 heterocycles.